The molecule has 0 bridgehead atoms. The van der Waals surface area contributed by atoms with Crippen LogP contribution in [0.5, 0.6) is 0 Å². The van der Waals surface area contributed by atoms with Gasteiger partial charge in [-0.25, -0.2) is 9.67 Å². The number of rotatable bonds is 4. The van der Waals surface area contributed by atoms with E-state index in [-0.39, 0.29) is 10.4 Å². The van der Waals surface area contributed by atoms with Crippen molar-refractivity contribution in [1.82, 2.24) is 19.7 Å². The second-order valence-corrected chi connectivity index (χ2v) is 6.42. The van der Waals surface area contributed by atoms with Crippen molar-refractivity contribution in [2.75, 3.05) is 6.26 Å². The molecule has 1 atom stereocenters. The Balaban J connectivity index is 1.98. The third-order valence-corrected chi connectivity index (χ3v) is 4.57. The second kappa shape index (κ2) is 6.03. The van der Waals surface area contributed by atoms with Crippen molar-refractivity contribution in [3.8, 4) is 0 Å². The van der Waals surface area contributed by atoms with Gasteiger partial charge in [-0.1, -0.05) is 58.0 Å². The molecule has 3 aromatic rings. The van der Waals surface area contributed by atoms with Gasteiger partial charge in [-0.15, -0.1) is 0 Å². The minimum Gasteiger partial charge on any atom is -0.301 e. The number of nitrogens with one attached hydrogen (secondary N) is 1. The van der Waals surface area contributed by atoms with Gasteiger partial charge in [0.25, 0.3) is 5.56 Å². The molecule has 21 heavy (non-hydrogen) atoms. The van der Waals surface area contributed by atoms with Crippen LogP contribution in [0.1, 0.15) is 10.4 Å². The predicted octanol–water partition coefficient (Wildman–Crippen LogP) is 2.98. The van der Waals surface area contributed by atoms with Crippen molar-refractivity contribution in [2.24, 2.45) is 0 Å². The number of alkyl halides is 1. The number of halogens is 1. The Morgan fingerprint density at radius 1 is 1.38 bits per heavy atom. The van der Waals surface area contributed by atoms with Crippen LogP contribution in [-0.4, -0.2) is 26.0 Å². The number of nitrogens with zero attached hydrogens (tertiary/aromatic N) is 3. The van der Waals surface area contributed by atoms with Gasteiger partial charge in [0.05, 0.1) is 17.6 Å². The van der Waals surface area contributed by atoms with Gasteiger partial charge < -0.3 is 4.98 Å². The summed E-state index contributed by atoms with van der Waals surface area (Å²) in [5.41, 5.74) is 1.63. The van der Waals surface area contributed by atoms with Gasteiger partial charge in [-0.3, -0.25) is 4.79 Å². The highest BCUT2D eigenvalue weighted by Gasteiger charge is 2.14. The molecule has 0 spiro atoms. The lowest BCUT2D eigenvalue weighted by molar-refractivity contribution is 0.623. The maximum Gasteiger partial charge on any atom is 0.262 e. The summed E-state index contributed by atoms with van der Waals surface area (Å²) in [6.45, 7) is 0.609. The van der Waals surface area contributed by atoms with Crippen molar-refractivity contribution < 1.29 is 0 Å². The van der Waals surface area contributed by atoms with Gasteiger partial charge in [0, 0.05) is 0 Å². The highest BCUT2D eigenvalue weighted by atomic mass is 79.9. The fourth-order valence-electron chi connectivity index (χ4n) is 2.09. The molecule has 2 heterocycles. The average Bonchev–Trinajstić information content (AvgIpc) is 2.91. The minimum absolute atomic E-state index is 0.112. The number of H-pyrrole nitrogens is 1. The first-order valence-corrected chi connectivity index (χ1v) is 8.52. The van der Waals surface area contributed by atoms with Crippen molar-refractivity contribution in [2.45, 2.75) is 16.5 Å². The quantitative estimate of drug-likeness (QED) is 0.439. The Labute approximate surface area is 133 Å². The van der Waals surface area contributed by atoms with Crippen LogP contribution in [0.15, 0.2) is 46.5 Å². The Hall–Kier alpha value is -1.60. The SMILES string of the molecule is CSc1nc2c(cnn2CC(Br)c2ccccc2)c(=O)[nH]1. The van der Waals surface area contributed by atoms with Gasteiger partial charge in [-0.2, -0.15) is 5.10 Å². The zero-order valence-electron chi connectivity index (χ0n) is 11.3. The number of hydrogen-bond donors (Lipinski definition) is 1. The highest BCUT2D eigenvalue weighted by molar-refractivity contribution is 9.09. The van der Waals surface area contributed by atoms with Crippen molar-refractivity contribution in [3.05, 3.63) is 52.4 Å². The molecule has 0 fully saturated rings. The summed E-state index contributed by atoms with van der Waals surface area (Å²) in [5, 5.41) is 5.40. The van der Waals surface area contributed by atoms with Crippen LogP contribution in [0.4, 0.5) is 0 Å². The smallest absolute Gasteiger partial charge is 0.262 e. The summed E-state index contributed by atoms with van der Waals surface area (Å²) in [6, 6.07) is 10.1. The van der Waals surface area contributed by atoms with Crippen molar-refractivity contribution in [3.63, 3.8) is 0 Å². The van der Waals surface area contributed by atoms with Crippen molar-refractivity contribution in [1.29, 1.82) is 0 Å². The number of hydrogen-bond acceptors (Lipinski definition) is 4. The van der Waals surface area contributed by atoms with E-state index >= 15 is 0 Å². The molecule has 0 aliphatic heterocycles. The Morgan fingerprint density at radius 2 is 2.14 bits per heavy atom. The molecule has 1 N–H and O–H groups in total. The summed E-state index contributed by atoms with van der Waals surface area (Å²) in [5.74, 6) is 0. The summed E-state index contributed by atoms with van der Waals surface area (Å²) >= 11 is 5.07. The van der Waals surface area contributed by atoms with Crippen LogP contribution in [-0.2, 0) is 6.54 Å². The number of thioether (sulfide) groups is 1. The van der Waals surface area contributed by atoms with Crippen LogP contribution < -0.4 is 5.56 Å². The monoisotopic (exact) mass is 364 g/mol. The minimum atomic E-state index is -0.151. The Kier molecular flexibility index (Phi) is 4.12. The van der Waals surface area contributed by atoms with E-state index in [0.717, 1.165) is 5.56 Å². The Bertz CT molecular complexity index is 815. The zero-order valence-corrected chi connectivity index (χ0v) is 13.7. The van der Waals surface area contributed by atoms with E-state index in [1.807, 2.05) is 24.5 Å². The fourth-order valence-corrected chi connectivity index (χ4v) is 3.05. The predicted molar refractivity (Wildman–Crippen MR) is 88.0 cm³/mol. The van der Waals surface area contributed by atoms with Crippen LogP contribution >= 0.6 is 27.7 Å². The molecule has 0 saturated heterocycles. The summed E-state index contributed by atoms with van der Waals surface area (Å²) < 4.78 is 1.76. The van der Waals surface area contributed by atoms with Gasteiger partial charge in [0.1, 0.15) is 5.39 Å². The molecule has 5 nitrogen and oxygen atoms in total. The summed E-state index contributed by atoms with van der Waals surface area (Å²) in [4.78, 5) is 19.2. The normalized spacial score (nSPS) is 12.7. The molecule has 0 amide bonds. The van der Waals surface area contributed by atoms with Crippen molar-refractivity contribution >= 4 is 38.7 Å². The molecule has 0 aliphatic carbocycles. The number of fused-ring (bicyclic) bond motifs is 1. The zero-order chi connectivity index (χ0) is 14.8. The highest BCUT2D eigenvalue weighted by Crippen LogP contribution is 2.25. The van der Waals surface area contributed by atoms with Gasteiger partial charge >= 0.3 is 0 Å². The summed E-state index contributed by atoms with van der Waals surface area (Å²) in [7, 11) is 0. The molecule has 2 aromatic heterocycles. The maximum absolute atomic E-state index is 12.0. The summed E-state index contributed by atoms with van der Waals surface area (Å²) in [6.07, 6.45) is 3.44. The molecule has 0 aliphatic rings. The van der Waals surface area contributed by atoms with Crippen LogP contribution in [0.25, 0.3) is 11.0 Å². The van der Waals surface area contributed by atoms with E-state index in [4.69, 9.17) is 0 Å². The second-order valence-electron chi connectivity index (χ2n) is 4.52. The van der Waals surface area contributed by atoms with Gasteiger partial charge in [-0.05, 0) is 11.8 Å². The maximum atomic E-state index is 12.0. The van der Waals surface area contributed by atoms with Gasteiger partial charge in [0.15, 0.2) is 10.8 Å². The first kappa shape index (κ1) is 14.3. The van der Waals surface area contributed by atoms with E-state index in [2.05, 4.69) is 43.1 Å². The molecule has 108 valence electrons. The van der Waals surface area contributed by atoms with E-state index in [9.17, 15) is 4.79 Å². The largest absolute Gasteiger partial charge is 0.301 e. The van der Waals surface area contributed by atoms with E-state index in [1.54, 1.807) is 10.9 Å². The topological polar surface area (TPSA) is 63.6 Å². The average molecular weight is 365 g/mol. The van der Waals surface area contributed by atoms with E-state index in [0.29, 0.717) is 22.7 Å². The third kappa shape index (κ3) is 2.89. The first-order valence-electron chi connectivity index (χ1n) is 6.38. The molecule has 1 aromatic carbocycles. The number of aromatic amines is 1. The lowest BCUT2D eigenvalue weighted by Gasteiger charge is -2.10. The Morgan fingerprint density at radius 3 is 2.86 bits per heavy atom. The molecule has 7 heteroatoms. The molecule has 3 rings (SSSR count). The third-order valence-electron chi connectivity index (χ3n) is 3.17. The molecule has 0 radical (unpaired) electrons. The number of aromatic nitrogens is 4. The molecule has 0 saturated carbocycles. The van der Waals surface area contributed by atoms with Crippen LogP contribution in [0, 0.1) is 0 Å². The lowest BCUT2D eigenvalue weighted by atomic mass is 10.1. The number of benzene rings is 1. The lowest BCUT2D eigenvalue weighted by Crippen LogP contribution is -2.11. The van der Waals surface area contributed by atoms with E-state index < -0.39 is 0 Å². The van der Waals surface area contributed by atoms with Gasteiger partial charge in [0.2, 0.25) is 0 Å². The molecule has 1 unspecified atom stereocenters. The van der Waals surface area contributed by atoms with Crippen LogP contribution in [0.3, 0.4) is 0 Å². The first-order chi connectivity index (χ1) is 10.2. The molecular formula is C14H13BrN4OS. The standard InChI is InChI=1S/C14H13BrN4OS/c1-21-14-17-12-10(13(20)18-14)7-16-19(12)8-11(15)9-5-3-2-4-6-9/h2-7,11H,8H2,1H3,(H,17,18,20). The van der Waals surface area contributed by atoms with Crippen LogP contribution in [0.2, 0.25) is 0 Å². The van der Waals surface area contributed by atoms with E-state index in [1.165, 1.54) is 11.8 Å². The molecular weight excluding hydrogens is 352 g/mol. The fraction of sp³-hybridized carbons (Fsp3) is 0.214.